The zero-order chi connectivity index (χ0) is 18.1. The minimum Gasteiger partial charge on any atom is -0.465 e. The number of carbonyl (C=O) groups is 1. The number of aromatic nitrogens is 1. The molecular formula is C19H16Cl2N2O2. The van der Waals surface area contributed by atoms with E-state index in [1.165, 1.54) is 7.11 Å². The first-order chi connectivity index (χ1) is 11.9. The maximum Gasteiger partial charge on any atom is 0.340 e. The first-order valence-electron chi connectivity index (χ1n) is 7.56. The molecule has 0 aliphatic carbocycles. The summed E-state index contributed by atoms with van der Waals surface area (Å²) in [6.45, 7) is 0. The van der Waals surface area contributed by atoms with Crippen LogP contribution in [-0.4, -0.2) is 32.2 Å². The molecule has 0 N–H and O–H groups in total. The molecule has 128 valence electrons. The minimum absolute atomic E-state index is 0.399. The standard InChI is InChI=1S/C19H16Cl2N2O2/c1-23(2)18-16(19(24)25-3)5-4-15-14(6-7-22-17(15)18)11-8-12(20)10-13(21)9-11/h4-10H,1-3H3. The van der Waals surface area contributed by atoms with Gasteiger partial charge in [0, 0.05) is 35.7 Å². The van der Waals surface area contributed by atoms with Gasteiger partial charge in [-0.2, -0.15) is 0 Å². The number of benzene rings is 2. The van der Waals surface area contributed by atoms with Crippen LogP contribution < -0.4 is 4.90 Å². The highest BCUT2D eigenvalue weighted by Crippen LogP contribution is 2.36. The molecule has 6 heteroatoms. The molecule has 0 amide bonds. The maximum atomic E-state index is 12.1. The molecule has 3 aromatic rings. The van der Waals surface area contributed by atoms with Gasteiger partial charge in [-0.15, -0.1) is 0 Å². The number of esters is 1. The van der Waals surface area contributed by atoms with Crippen molar-refractivity contribution < 1.29 is 9.53 Å². The van der Waals surface area contributed by atoms with E-state index in [9.17, 15) is 4.79 Å². The molecule has 0 aliphatic heterocycles. The van der Waals surface area contributed by atoms with Crippen molar-refractivity contribution in [3.63, 3.8) is 0 Å². The van der Waals surface area contributed by atoms with Crippen LogP contribution in [0.25, 0.3) is 22.0 Å². The van der Waals surface area contributed by atoms with Gasteiger partial charge in [-0.3, -0.25) is 4.98 Å². The van der Waals surface area contributed by atoms with Gasteiger partial charge in [-0.1, -0.05) is 29.3 Å². The lowest BCUT2D eigenvalue weighted by atomic mass is 9.98. The molecule has 0 fully saturated rings. The normalized spacial score (nSPS) is 10.8. The summed E-state index contributed by atoms with van der Waals surface area (Å²) in [7, 11) is 5.10. The Morgan fingerprint density at radius 2 is 1.76 bits per heavy atom. The number of hydrogen-bond donors (Lipinski definition) is 0. The summed E-state index contributed by atoms with van der Waals surface area (Å²) < 4.78 is 4.89. The smallest absolute Gasteiger partial charge is 0.340 e. The van der Waals surface area contributed by atoms with E-state index in [0.717, 1.165) is 16.5 Å². The topological polar surface area (TPSA) is 42.4 Å². The van der Waals surface area contributed by atoms with Crippen LogP contribution in [0.2, 0.25) is 10.0 Å². The van der Waals surface area contributed by atoms with Gasteiger partial charge in [0.1, 0.15) is 0 Å². The fourth-order valence-electron chi connectivity index (χ4n) is 2.89. The molecule has 0 aliphatic rings. The monoisotopic (exact) mass is 374 g/mol. The second kappa shape index (κ2) is 6.90. The van der Waals surface area contributed by atoms with E-state index >= 15 is 0 Å². The number of methoxy groups -OCH3 is 1. The Bertz CT molecular complexity index is 951. The molecule has 0 spiro atoms. The van der Waals surface area contributed by atoms with Crippen molar-refractivity contribution in [2.75, 3.05) is 26.1 Å². The Balaban J connectivity index is 2.34. The number of anilines is 1. The predicted molar refractivity (Wildman–Crippen MR) is 103 cm³/mol. The third kappa shape index (κ3) is 3.28. The molecule has 2 aromatic carbocycles. The lowest BCUT2D eigenvalue weighted by molar-refractivity contribution is 0.0601. The highest BCUT2D eigenvalue weighted by Gasteiger charge is 2.19. The number of fused-ring (bicyclic) bond motifs is 1. The van der Waals surface area contributed by atoms with E-state index in [2.05, 4.69) is 4.98 Å². The van der Waals surface area contributed by atoms with Crippen molar-refractivity contribution in [2.45, 2.75) is 0 Å². The number of halogens is 2. The van der Waals surface area contributed by atoms with Gasteiger partial charge in [0.05, 0.1) is 23.9 Å². The van der Waals surface area contributed by atoms with Gasteiger partial charge in [0.15, 0.2) is 0 Å². The summed E-state index contributed by atoms with van der Waals surface area (Å²) >= 11 is 12.3. The molecule has 0 radical (unpaired) electrons. The fraction of sp³-hybridized carbons (Fsp3) is 0.158. The molecule has 1 heterocycles. The molecule has 0 bridgehead atoms. The lowest BCUT2D eigenvalue weighted by Gasteiger charge is -2.19. The van der Waals surface area contributed by atoms with Gasteiger partial charge in [0.2, 0.25) is 0 Å². The van der Waals surface area contributed by atoms with Gasteiger partial charge >= 0.3 is 5.97 Å². The second-order valence-corrected chi connectivity index (χ2v) is 6.63. The summed E-state index contributed by atoms with van der Waals surface area (Å²) in [6.07, 6.45) is 1.71. The van der Waals surface area contributed by atoms with E-state index in [-0.39, 0.29) is 0 Å². The Labute approximate surface area is 155 Å². The van der Waals surface area contributed by atoms with E-state index in [1.54, 1.807) is 18.3 Å². The van der Waals surface area contributed by atoms with Crippen LogP contribution >= 0.6 is 23.2 Å². The van der Waals surface area contributed by atoms with Crippen LogP contribution in [0.1, 0.15) is 10.4 Å². The number of pyridine rings is 1. The summed E-state index contributed by atoms with van der Waals surface area (Å²) in [5, 5.41) is 2.02. The number of carbonyl (C=O) groups excluding carboxylic acids is 1. The first-order valence-corrected chi connectivity index (χ1v) is 8.31. The minimum atomic E-state index is -0.399. The Morgan fingerprint density at radius 1 is 1.08 bits per heavy atom. The van der Waals surface area contributed by atoms with Crippen molar-refractivity contribution in [3.05, 3.63) is 58.2 Å². The second-order valence-electron chi connectivity index (χ2n) is 5.76. The molecular weight excluding hydrogens is 359 g/mol. The van der Waals surface area contributed by atoms with Crippen LogP contribution in [0.15, 0.2) is 42.6 Å². The molecule has 4 nitrogen and oxygen atoms in total. The van der Waals surface area contributed by atoms with Gasteiger partial charge in [0.25, 0.3) is 0 Å². The molecule has 3 rings (SSSR count). The van der Waals surface area contributed by atoms with Crippen molar-refractivity contribution in [3.8, 4) is 11.1 Å². The van der Waals surface area contributed by atoms with E-state index in [4.69, 9.17) is 27.9 Å². The molecule has 25 heavy (non-hydrogen) atoms. The van der Waals surface area contributed by atoms with Gasteiger partial charge in [-0.25, -0.2) is 4.79 Å². The molecule has 0 atom stereocenters. The summed E-state index contributed by atoms with van der Waals surface area (Å²) in [6, 6.07) is 10.9. The Hall–Kier alpha value is -2.30. The van der Waals surface area contributed by atoms with E-state index in [1.807, 2.05) is 43.3 Å². The average molecular weight is 375 g/mol. The van der Waals surface area contributed by atoms with Crippen molar-refractivity contribution in [2.24, 2.45) is 0 Å². The van der Waals surface area contributed by atoms with Crippen molar-refractivity contribution >= 4 is 45.8 Å². The summed E-state index contributed by atoms with van der Waals surface area (Å²) in [4.78, 5) is 18.5. The van der Waals surface area contributed by atoms with Crippen LogP contribution in [0.3, 0.4) is 0 Å². The fourth-order valence-corrected chi connectivity index (χ4v) is 3.42. The van der Waals surface area contributed by atoms with Gasteiger partial charge < -0.3 is 9.64 Å². The third-order valence-electron chi connectivity index (χ3n) is 3.91. The SMILES string of the molecule is COC(=O)c1ccc2c(-c3cc(Cl)cc(Cl)c3)ccnc2c1N(C)C. The number of rotatable bonds is 3. The van der Waals surface area contributed by atoms with Crippen LogP contribution in [-0.2, 0) is 4.74 Å². The van der Waals surface area contributed by atoms with Crippen LogP contribution in [0, 0.1) is 0 Å². The molecule has 1 aromatic heterocycles. The van der Waals surface area contributed by atoms with E-state index in [0.29, 0.717) is 26.8 Å². The average Bonchev–Trinajstić information content (AvgIpc) is 2.58. The molecule has 0 saturated carbocycles. The lowest BCUT2D eigenvalue weighted by Crippen LogP contribution is -2.15. The molecule has 0 unspecified atom stereocenters. The zero-order valence-electron chi connectivity index (χ0n) is 14.0. The predicted octanol–water partition coefficient (Wildman–Crippen LogP) is 5.06. The quantitative estimate of drug-likeness (QED) is 0.600. The number of nitrogens with zero attached hydrogens (tertiary/aromatic N) is 2. The third-order valence-corrected chi connectivity index (χ3v) is 4.35. The largest absolute Gasteiger partial charge is 0.465 e. The van der Waals surface area contributed by atoms with E-state index < -0.39 is 5.97 Å². The Morgan fingerprint density at radius 3 is 2.36 bits per heavy atom. The summed E-state index contributed by atoms with van der Waals surface area (Å²) in [5.74, 6) is -0.399. The first kappa shape index (κ1) is 17.5. The van der Waals surface area contributed by atoms with Gasteiger partial charge in [-0.05, 0) is 41.5 Å². The summed E-state index contributed by atoms with van der Waals surface area (Å²) in [5.41, 5.74) is 3.71. The van der Waals surface area contributed by atoms with Crippen molar-refractivity contribution in [1.82, 2.24) is 4.98 Å². The van der Waals surface area contributed by atoms with Crippen molar-refractivity contribution in [1.29, 1.82) is 0 Å². The Kier molecular flexibility index (Phi) is 4.84. The van der Waals surface area contributed by atoms with Crippen LogP contribution in [0.4, 0.5) is 5.69 Å². The zero-order valence-corrected chi connectivity index (χ0v) is 15.5. The van der Waals surface area contributed by atoms with Crippen LogP contribution in [0.5, 0.6) is 0 Å². The number of hydrogen-bond acceptors (Lipinski definition) is 4. The highest BCUT2D eigenvalue weighted by molar-refractivity contribution is 6.35. The maximum absolute atomic E-state index is 12.1. The highest BCUT2D eigenvalue weighted by atomic mass is 35.5. The molecule has 0 saturated heterocycles. The number of ether oxygens (including phenoxy) is 1.